The molecule has 0 saturated carbocycles. The molecule has 1 atom stereocenters. The van der Waals surface area contributed by atoms with Crippen molar-refractivity contribution in [1.29, 1.82) is 0 Å². The third kappa shape index (κ3) is 8.57. The maximum absolute atomic E-state index is 12.0. The lowest BCUT2D eigenvalue weighted by molar-refractivity contribution is 0.0827. The molecule has 1 unspecified atom stereocenters. The van der Waals surface area contributed by atoms with Crippen LogP contribution in [0.5, 0.6) is 5.88 Å². The van der Waals surface area contributed by atoms with E-state index >= 15 is 0 Å². The number of benzene rings is 1. The summed E-state index contributed by atoms with van der Waals surface area (Å²) in [5, 5.41) is 6.61. The summed E-state index contributed by atoms with van der Waals surface area (Å²) in [7, 11) is 3.50. The van der Waals surface area contributed by atoms with Crippen molar-refractivity contribution in [3.63, 3.8) is 0 Å². The molecule has 0 spiro atoms. The van der Waals surface area contributed by atoms with Crippen molar-refractivity contribution in [1.82, 2.24) is 20.5 Å². The number of rotatable bonds is 10. The van der Waals surface area contributed by atoms with Crippen LogP contribution in [0, 0.1) is 5.92 Å². The zero-order chi connectivity index (χ0) is 23.5. The standard InChI is InChI=1S/C25H37N5O2/c1-7-26-25(28-16-20-8-10-22(11-9-20)24(31)30(5)6)29-17-21-12-13-27-23(15-21)32-19(4)14-18(2)3/h8-13,15,18-19H,7,14,16-17H2,1-6H3,(H2,26,28,29). The smallest absolute Gasteiger partial charge is 0.253 e. The summed E-state index contributed by atoms with van der Waals surface area (Å²) in [6.07, 6.45) is 2.88. The van der Waals surface area contributed by atoms with Gasteiger partial charge < -0.3 is 20.3 Å². The number of hydrogen-bond acceptors (Lipinski definition) is 4. The van der Waals surface area contributed by atoms with Crippen LogP contribution in [-0.2, 0) is 13.1 Å². The fourth-order valence-electron chi connectivity index (χ4n) is 3.25. The molecule has 0 aliphatic heterocycles. The first-order valence-corrected chi connectivity index (χ1v) is 11.2. The van der Waals surface area contributed by atoms with E-state index in [9.17, 15) is 4.79 Å². The molecule has 1 aromatic heterocycles. The molecule has 0 bridgehead atoms. The van der Waals surface area contributed by atoms with Crippen LogP contribution < -0.4 is 15.4 Å². The Morgan fingerprint density at radius 2 is 1.81 bits per heavy atom. The summed E-state index contributed by atoms with van der Waals surface area (Å²) in [5.41, 5.74) is 2.79. The number of hydrogen-bond donors (Lipinski definition) is 2. The van der Waals surface area contributed by atoms with Gasteiger partial charge in [0.1, 0.15) is 0 Å². The molecule has 174 valence electrons. The van der Waals surface area contributed by atoms with E-state index in [0.717, 1.165) is 30.1 Å². The lowest BCUT2D eigenvalue weighted by Gasteiger charge is -2.16. The van der Waals surface area contributed by atoms with Crippen LogP contribution >= 0.6 is 0 Å². The van der Waals surface area contributed by atoms with Crippen LogP contribution in [-0.4, -0.2) is 48.5 Å². The zero-order valence-electron chi connectivity index (χ0n) is 20.2. The van der Waals surface area contributed by atoms with Crippen molar-refractivity contribution in [2.75, 3.05) is 20.6 Å². The highest BCUT2D eigenvalue weighted by Crippen LogP contribution is 2.15. The average Bonchev–Trinajstić information content (AvgIpc) is 2.75. The molecule has 0 aliphatic carbocycles. The molecule has 7 nitrogen and oxygen atoms in total. The van der Waals surface area contributed by atoms with Gasteiger partial charge in [0, 0.05) is 45.0 Å². The Kier molecular flexibility index (Phi) is 9.98. The minimum Gasteiger partial charge on any atom is -0.475 e. The molecule has 7 heteroatoms. The van der Waals surface area contributed by atoms with Gasteiger partial charge in [-0.15, -0.1) is 0 Å². The van der Waals surface area contributed by atoms with Gasteiger partial charge >= 0.3 is 0 Å². The molecule has 1 aromatic carbocycles. The van der Waals surface area contributed by atoms with Gasteiger partial charge in [-0.3, -0.25) is 4.79 Å². The lowest BCUT2D eigenvalue weighted by atomic mass is 10.1. The number of ether oxygens (including phenoxy) is 1. The van der Waals surface area contributed by atoms with Gasteiger partial charge in [-0.2, -0.15) is 0 Å². The summed E-state index contributed by atoms with van der Waals surface area (Å²) in [6.45, 7) is 10.4. The first kappa shape index (κ1) is 25.2. The summed E-state index contributed by atoms with van der Waals surface area (Å²) >= 11 is 0. The van der Waals surface area contributed by atoms with Crippen LogP contribution in [0.25, 0.3) is 0 Å². The number of guanidine groups is 1. The fraction of sp³-hybridized carbons (Fsp3) is 0.480. The number of carbonyl (C=O) groups excluding carboxylic acids is 1. The second-order valence-electron chi connectivity index (χ2n) is 8.51. The third-order valence-corrected chi connectivity index (χ3v) is 4.76. The summed E-state index contributed by atoms with van der Waals surface area (Å²) in [5.74, 6) is 1.94. The lowest BCUT2D eigenvalue weighted by Crippen LogP contribution is -2.36. The molecule has 1 heterocycles. The number of carbonyl (C=O) groups is 1. The van der Waals surface area contributed by atoms with Gasteiger partial charge in [0.05, 0.1) is 12.6 Å². The maximum atomic E-state index is 12.0. The van der Waals surface area contributed by atoms with Crippen molar-refractivity contribution in [2.45, 2.75) is 53.3 Å². The highest BCUT2D eigenvalue weighted by atomic mass is 16.5. The zero-order valence-corrected chi connectivity index (χ0v) is 20.2. The molecule has 2 rings (SSSR count). The number of amides is 1. The molecule has 32 heavy (non-hydrogen) atoms. The van der Waals surface area contributed by atoms with Crippen LogP contribution in [0.2, 0.25) is 0 Å². The van der Waals surface area contributed by atoms with Gasteiger partial charge in [-0.1, -0.05) is 26.0 Å². The Balaban J connectivity index is 1.97. The van der Waals surface area contributed by atoms with Crippen molar-refractivity contribution in [3.8, 4) is 5.88 Å². The Morgan fingerprint density at radius 1 is 1.09 bits per heavy atom. The van der Waals surface area contributed by atoms with Crippen LogP contribution in [0.4, 0.5) is 0 Å². The van der Waals surface area contributed by atoms with Crippen molar-refractivity contribution >= 4 is 11.9 Å². The largest absolute Gasteiger partial charge is 0.475 e. The van der Waals surface area contributed by atoms with Gasteiger partial charge in [0.15, 0.2) is 5.96 Å². The maximum Gasteiger partial charge on any atom is 0.253 e. The molecule has 1 amide bonds. The SMILES string of the molecule is CCNC(=NCc1ccnc(OC(C)CC(C)C)c1)NCc1ccc(C(=O)N(C)C)cc1. The highest BCUT2D eigenvalue weighted by molar-refractivity contribution is 5.93. The number of aromatic nitrogens is 1. The van der Waals surface area contributed by atoms with E-state index in [1.807, 2.05) is 43.3 Å². The Hall–Kier alpha value is -3.09. The van der Waals surface area contributed by atoms with Crippen LogP contribution in [0.3, 0.4) is 0 Å². The van der Waals surface area contributed by atoms with E-state index in [-0.39, 0.29) is 12.0 Å². The van der Waals surface area contributed by atoms with Gasteiger partial charge in [0.2, 0.25) is 5.88 Å². The van der Waals surface area contributed by atoms with Gasteiger partial charge in [-0.05, 0) is 55.5 Å². The molecule has 2 N–H and O–H groups in total. The number of pyridine rings is 1. The summed E-state index contributed by atoms with van der Waals surface area (Å²) < 4.78 is 5.95. The quantitative estimate of drug-likeness (QED) is 0.434. The molecule has 2 aromatic rings. The molecular weight excluding hydrogens is 402 g/mol. The molecule has 0 fully saturated rings. The minimum absolute atomic E-state index is 0.00119. The second-order valence-corrected chi connectivity index (χ2v) is 8.51. The monoisotopic (exact) mass is 439 g/mol. The Morgan fingerprint density at radius 3 is 2.44 bits per heavy atom. The predicted molar refractivity (Wildman–Crippen MR) is 130 cm³/mol. The van der Waals surface area contributed by atoms with E-state index in [2.05, 4.69) is 41.4 Å². The van der Waals surface area contributed by atoms with E-state index in [0.29, 0.717) is 30.5 Å². The number of nitrogens with one attached hydrogen (secondary N) is 2. The van der Waals surface area contributed by atoms with Crippen LogP contribution in [0.15, 0.2) is 47.6 Å². The topological polar surface area (TPSA) is 78.9 Å². The van der Waals surface area contributed by atoms with Crippen LogP contribution in [0.1, 0.15) is 55.6 Å². The first-order chi connectivity index (χ1) is 15.3. The number of nitrogens with zero attached hydrogens (tertiary/aromatic N) is 3. The fourth-order valence-corrected chi connectivity index (χ4v) is 3.25. The molecule has 0 saturated heterocycles. The van der Waals surface area contributed by atoms with E-state index < -0.39 is 0 Å². The highest BCUT2D eigenvalue weighted by Gasteiger charge is 2.09. The van der Waals surface area contributed by atoms with Gasteiger partial charge in [0.25, 0.3) is 5.91 Å². The van der Waals surface area contributed by atoms with E-state index in [1.165, 1.54) is 0 Å². The van der Waals surface area contributed by atoms with E-state index in [1.54, 1.807) is 25.2 Å². The van der Waals surface area contributed by atoms with E-state index in [4.69, 9.17) is 4.74 Å². The average molecular weight is 440 g/mol. The second kappa shape index (κ2) is 12.7. The summed E-state index contributed by atoms with van der Waals surface area (Å²) in [6, 6.07) is 11.5. The number of aliphatic imine (C=N–C) groups is 1. The summed E-state index contributed by atoms with van der Waals surface area (Å²) in [4.78, 5) is 22.6. The molecular formula is C25H37N5O2. The van der Waals surface area contributed by atoms with Crippen molar-refractivity contribution in [3.05, 3.63) is 59.3 Å². The molecule has 0 radical (unpaired) electrons. The predicted octanol–water partition coefficient (Wildman–Crippen LogP) is 3.85. The Labute approximate surface area is 192 Å². The van der Waals surface area contributed by atoms with Gasteiger partial charge in [-0.25, -0.2) is 9.98 Å². The Bertz CT molecular complexity index is 878. The minimum atomic E-state index is -0.00119. The first-order valence-electron chi connectivity index (χ1n) is 11.2. The normalized spacial score (nSPS) is 12.4. The molecule has 0 aliphatic rings. The third-order valence-electron chi connectivity index (χ3n) is 4.76. The van der Waals surface area contributed by atoms with Crippen molar-refractivity contribution in [2.24, 2.45) is 10.9 Å². The van der Waals surface area contributed by atoms with Crippen molar-refractivity contribution < 1.29 is 9.53 Å².